The Morgan fingerprint density at radius 3 is 2.57 bits per heavy atom. The van der Waals surface area contributed by atoms with Gasteiger partial charge in [-0.05, 0) is 30.7 Å². The number of hydrogen-bond donors (Lipinski definition) is 4. The van der Waals surface area contributed by atoms with Gasteiger partial charge in [0, 0.05) is 17.3 Å². The summed E-state index contributed by atoms with van der Waals surface area (Å²) < 4.78 is 1.17. The van der Waals surface area contributed by atoms with Gasteiger partial charge in [-0.3, -0.25) is 9.78 Å². The first-order valence-corrected chi connectivity index (χ1v) is 10.0. The molecular formula is C23H23N4O3+. The van der Waals surface area contributed by atoms with Gasteiger partial charge < -0.3 is 15.0 Å². The number of H-pyrrole nitrogens is 2. The number of para-hydroxylation sites is 1. The number of aromatic amines is 2. The Kier molecular flexibility index (Phi) is 4.15. The number of nitrogens with zero attached hydrogens (tertiary/aromatic N) is 1. The normalized spacial score (nSPS) is 18.5. The molecule has 2 aromatic heterocycles. The molecule has 0 amide bonds. The van der Waals surface area contributed by atoms with Crippen molar-refractivity contribution in [2.24, 2.45) is 0 Å². The number of fused-ring (bicyclic) bond motifs is 3. The van der Waals surface area contributed by atoms with Crippen LogP contribution in [0.15, 0.2) is 58.1 Å². The molecule has 0 saturated carbocycles. The fourth-order valence-corrected chi connectivity index (χ4v) is 4.57. The van der Waals surface area contributed by atoms with E-state index >= 15 is 0 Å². The van der Waals surface area contributed by atoms with Crippen molar-refractivity contribution in [3.05, 3.63) is 91.8 Å². The summed E-state index contributed by atoms with van der Waals surface area (Å²) in [5.74, 6) is -0.316. The largest absolute Gasteiger partial charge is 0.494 e. The molecule has 0 spiro atoms. The van der Waals surface area contributed by atoms with Crippen LogP contribution in [0.4, 0.5) is 0 Å². The van der Waals surface area contributed by atoms with E-state index in [0.717, 1.165) is 45.6 Å². The number of aromatic hydroxyl groups is 1. The minimum absolute atomic E-state index is 0.195. The predicted molar refractivity (Wildman–Crippen MR) is 115 cm³/mol. The fourth-order valence-electron chi connectivity index (χ4n) is 4.57. The molecule has 4 N–H and O–H groups in total. The van der Waals surface area contributed by atoms with Crippen molar-refractivity contribution >= 4 is 10.9 Å². The predicted octanol–water partition coefficient (Wildman–Crippen LogP) is 1.18. The van der Waals surface area contributed by atoms with Crippen molar-refractivity contribution in [2.75, 3.05) is 13.6 Å². The van der Waals surface area contributed by atoms with E-state index < -0.39 is 17.3 Å². The Balaban J connectivity index is 1.77. The molecule has 0 aliphatic carbocycles. The number of quaternary nitrogens is 1. The molecular weight excluding hydrogens is 380 g/mol. The highest BCUT2D eigenvalue weighted by Crippen LogP contribution is 2.33. The van der Waals surface area contributed by atoms with Crippen molar-refractivity contribution in [2.45, 2.75) is 19.4 Å². The Morgan fingerprint density at radius 2 is 1.80 bits per heavy atom. The Bertz CT molecular complexity index is 1380. The first-order valence-electron chi connectivity index (χ1n) is 10.0. The Hall–Kier alpha value is -3.58. The minimum atomic E-state index is -0.657. The summed E-state index contributed by atoms with van der Waals surface area (Å²) in [4.78, 5) is 32.4. The summed E-state index contributed by atoms with van der Waals surface area (Å²) in [5.41, 5.74) is 3.60. The molecule has 30 heavy (non-hydrogen) atoms. The van der Waals surface area contributed by atoms with Crippen LogP contribution in [0, 0.1) is 6.92 Å². The second-order valence-electron chi connectivity index (χ2n) is 8.01. The van der Waals surface area contributed by atoms with Gasteiger partial charge >= 0.3 is 5.69 Å². The molecule has 7 nitrogen and oxygen atoms in total. The third kappa shape index (κ3) is 2.70. The van der Waals surface area contributed by atoms with E-state index in [1.165, 1.54) is 4.57 Å². The van der Waals surface area contributed by atoms with Crippen LogP contribution in [0.3, 0.4) is 0 Å². The molecule has 4 aromatic rings. The van der Waals surface area contributed by atoms with Gasteiger partial charge in [-0.25, -0.2) is 9.36 Å². The van der Waals surface area contributed by atoms with E-state index in [-0.39, 0.29) is 11.4 Å². The standard InChI is InChI=1S/C23H22N4O3/c1-13-7-9-14(10-8-13)27-22(29)18(21(28)25-23(27)30)20-19-16(11-12-26(20)2)15-5-3-4-6-17(15)24-19/h3-10,20,24,29H,11-12H2,1-2H3,(H,25,28,30)/p+1/t20-/m1/s1. The maximum absolute atomic E-state index is 12.9. The zero-order valence-corrected chi connectivity index (χ0v) is 16.8. The fraction of sp³-hybridized carbons (Fsp3) is 0.217. The quantitative estimate of drug-likeness (QED) is 0.405. The number of nitrogens with one attached hydrogen (secondary N) is 3. The molecule has 1 aliphatic heterocycles. The van der Waals surface area contributed by atoms with Crippen LogP contribution in [-0.4, -0.2) is 33.2 Å². The molecule has 152 valence electrons. The smallest absolute Gasteiger partial charge is 0.335 e. The molecule has 2 atom stereocenters. The van der Waals surface area contributed by atoms with Crippen molar-refractivity contribution in [3.63, 3.8) is 0 Å². The topological polar surface area (TPSA) is 95.3 Å². The van der Waals surface area contributed by atoms with Gasteiger partial charge in [0.05, 0.1) is 25.0 Å². The molecule has 5 rings (SSSR count). The van der Waals surface area contributed by atoms with E-state index in [4.69, 9.17) is 0 Å². The second kappa shape index (κ2) is 6.74. The van der Waals surface area contributed by atoms with Crippen LogP contribution >= 0.6 is 0 Å². The van der Waals surface area contributed by atoms with Crippen molar-refractivity contribution in [3.8, 4) is 11.6 Å². The summed E-state index contributed by atoms with van der Waals surface area (Å²) in [7, 11) is 2.00. The van der Waals surface area contributed by atoms with E-state index in [2.05, 4.69) is 16.0 Å². The van der Waals surface area contributed by atoms with Gasteiger partial charge in [0.2, 0.25) is 5.88 Å². The molecule has 1 unspecified atom stereocenters. The van der Waals surface area contributed by atoms with Crippen LogP contribution in [0.5, 0.6) is 5.88 Å². The van der Waals surface area contributed by atoms with Crippen LogP contribution in [0.25, 0.3) is 16.6 Å². The zero-order chi connectivity index (χ0) is 21.0. The monoisotopic (exact) mass is 403 g/mol. The SMILES string of the molecule is Cc1ccc(-n2c(O)c([C@@H]3c4[nH]c5ccccc5c4CC[NH+]3C)c(=O)[nH]c2=O)cc1. The molecule has 2 aromatic carbocycles. The van der Waals surface area contributed by atoms with Gasteiger partial charge in [0.25, 0.3) is 5.56 Å². The van der Waals surface area contributed by atoms with Gasteiger partial charge in [0.1, 0.15) is 5.56 Å². The van der Waals surface area contributed by atoms with E-state index in [1.807, 2.05) is 44.3 Å². The van der Waals surface area contributed by atoms with E-state index in [1.54, 1.807) is 12.1 Å². The molecule has 0 bridgehead atoms. The lowest BCUT2D eigenvalue weighted by Gasteiger charge is -2.30. The van der Waals surface area contributed by atoms with E-state index in [9.17, 15) is 14.7 Å². The van der Waals surface area contributed by atoms with Gasteiger partial charge in [-0.1, -0.05) is 35.9 Å². The van der Waals surface area contributed by atoms with Crippen LogP contribution in [-0.2, 0) is 6.42 Å². The first-order chi connectivity index (χ1) is 14.5. The number of likely N-dealkylation sites (N-methyl/N-ethyl adjacent to an activating group) is 1. The van der Waals surface area contributed by atoms with Crippen LogP contribution in [0.2, 0.25) is 0 Å². The minimum Gasteiger partial charge on any atom is -0.494 e. The molecule has 0 fully saturated rings. The number of aryl methyl sites for hydroxylation is 1. The second-order valence-corrected chi connectivity index (χ2v) is 8.01. The summed E-state index contributed by atoms with van der Waals surface area (Å²) >= 11 is 0. The average molecular weight is 403 g/mol. The molecule has 0 saturated heterocycles. The van der Waals surface area contributed by atoms with Crippen molar-refractivity contribution in [1.29, 1.82) is 0 Å². The molecule has 3 heterocycles. The number of hydrogen-bond acceptors (Lipinski definition) is 3. The summed E-state index contributed by atoms with van der Waals surface area (Å²) in [6.45, 7) is 2.75. The number of benzene rings is 2. The van der Waals surface area contributed by atoms with Crippen LogP contribution < -0.4 is 16.1 Å². The highest BCUT2D eigenvalue weighted by Gasteiger charge is 2.37. The van der Waals surface area contributed by atoms with Gasteiger partial charge in [-0.15, -0.1) is 0 Å². The van der Waals surface area contributed by atoms with Crippen molar-refractivity contribution < 1.29 is 10.0 Å². The summed E-state index contributed by atoms with van der Waals surface area (Å²) in [6.07, 6.45) is 0.873. The molecule has 7 heteroatoms. The van der Waals surface area contributed by atoms with E-state index in [0.29, 0.717) is 5.69 Å². The number of rotatable bonds is 2. The third-order valence-electron chi connectivity index (χ3n) is 6.10. The Labute approximate surface area is 172 Å². The lowest BCUT2D eigenvalue weighted by atomic mass is 9.94. The highest BCUT2D eigenvalue weighted by molar-refractivity contribution is 5.85. The maximum Gasteiger partial charge on any atom is 0.335 e. The summed E-state index contributed by atoms with van der Waals surface area (Å²) in [5, 5.41) is 12.3. The maximum atomic E-state index is 12.9. The third-order valence-corrected chi connectivity index (χ3v) is 6.10. The lowest BCUT2D eigenvalue weighted by molar-refractivity contribution is -0.908. The highest BCUT2D eigenvalue weighted by atomic mass is 16.3. The number of aromatic nitrogens is 3. The molecule has 0 radical (unpaired) electrons. The lowest BCUT2D eigenvalue weighted by Crippen LogP contribution is -3.10. The van der Waals surface area contributed by atoms with Crippen molar-refractivity contribution in [1.82, 2.24) is 14.5 Å². The Morgan fingerprint density at radius 1 is 1.07 bits per heavy atom. The van der Waals surface area contributed by atoms with Gasteiger partial charge in [0.15, 0.2) is 6.04 Å². The molecule has 1 aliphatic rings. The summed E-state index contributed by atoms with van der Waals surface area (Å²) in [6, 6.07) is 14.9. The first kappa shape index (κ1) is 18.4. The average Bonchev–Trinajstić information content (AvgIpc) is 3.09. The van der Waals surface area contributed by atoms with Gasteiger partial charge in [-0.2, -0.15) is 0 Å². The van der Waals surface area contributed by atoms with Crippen LogP contribution in [0.1, 0.15) is 28.4 Å². The zero-order valence-electron chi connectivity index (χ0n) is 16.8.